The molecule has 0 bridgehead atoms. The molecule has 138 valence electrons. The molecule has 4 rings (SSSR count). The van der Waals surface area contributed by atoms with E-state index in [-0.39, 0.29) is 23.6 Å². The highest BCUT2D eigenvalue weighted by atomic mass is 32.2. The van der Waals surface area contributed by atoms with Gasteiger partial charge in [0.1, 0.15) is 5.70 Å². The first kappa shape index (κ1) is 17.4. The van der Waals surface area contributed by atoms with Gasteiger partial charge in [-0.15, -0.1) is 11.8 Å². The van der Waals surface area contributed by atoms with Gasteiger partial charge in [-0.3, -0.25) is 9.69 Å². The van der Waals surface area contributed by atoms with E-state index >= 15 is 0 Å². The van der Waals surface area contributed by atoms with Crippen molar-refractivity contribution >= 4 is 23.6 Å². The van der Waals surface area contributed by atoms with Crippen LogP contribution < -0.4 is 0 Å². The SMILES string of the molecule is C[C@@H](O)[C@H]1C(=O)N2C(C(=O)O)=C(SC3CN(C4CCCC4)C3)[C@H](C)[C@H]12. The zero-order chi connectivity index (χ0) is 17.9. The van der Waals surface area contributed by atoms with Crippen LogP contribution in [0.4, 0.5) is 0 Å². The second-order valence-electron chi connectivity index (χ2n) is 7.90. The molecule has 3 fully saturated rings. The molecule has 25 heavy (non-hydrogen) atoms. The zero-order valence-electron chi connectivity index (χ0n) is 14.7. The molecule has 1 amide bonds. The molecule has 2 saturated heterocycles. The molecule has 7 heteroatoms. The predicted octanol–water partition coefficient (Wildman–Crippen LogP) is 1.50. The molecule has 0 spiro atoms. The number of hydrogen-bond donors (Lipinski definition) is 2. The summed E-state index contributed by atoms with van der Waals surface area (Å²) in [6.07, 6.45) is 4.49. The predicted molar refractivity (Wildman–Crippen MR) is 94.8 cm³/mol. The number of aliphatic carboxylic acids is 1. The number of carboxylic acids is 1. The second-order valence-corrected chi connectivity index (χ2v) is 9.25. The minimum atomic E-state index is -1.03. The Bertz CT molecular complexity index is 623. The van der Waals surface area contributed by atoms with Crippen LogP contribution in [0.2, 0.25) is 0 Å². The van der Waals surface area contributed by atoms with Crippen molar-refractivity contribution in [3.8, 4) is 0 Å². The van der Waals surface area contributed by atoms with Crippen molar-refractivity contribution in [1.29, 1.82) is 0 Å². The molecule has 0 unspecified atom stereocenters. The van der Waals surface area contributed by atoms with E-state index in [9.17, 15) is 19.8 Å². The maximum atomic E-state index is 12.3. The molecule has 0 aromatic heterocycles. The van der Waals surface area contributed by atoms with Crippen molar-refractivity contribution in [1.82, 2.24) is 9.80 Å². The van der Waals surface area contributed by atoms with E-state index in [0.717, 1.165) is 18.0 Å². The third-order valence-corrected chi connectivity index (χ3v) is 7.77. The lowest BCUT2D eigenvalue weighted by atomic mass is 9.79. The molecular formula is C18H26N2O4S. The summed E-state index contributed by atoms with van der Waals surface area (Å²) < 4.78 is 0. The van der Waals surface area contributed by atoms with Gasteiger partial charge in [0.15, 0.2) is 0 Å². The molecule has 2 N–H and O–H groups in total. The third kappa shape index (κ3) is 2.62. The van der Waals surface area contributed by atoms with Crippen LogP contribution in [0, 0.1) is 11.8 Å². The highest BCUT2D eigenvalue weighted by Crippen LogP contribution is 2.52. The number of aliphatic hydroxyl groups excluding tert-OH is 1. The van der Waals surface area contributed by atoms with Crippen LogP contribution in [0.1, 0.15) is 39.5 Å². The Labute approximate surface area is 152 Å². The van der Waals surface area contributed by atoms with Crippen LogP contribution in [0.3, 0.4) is 0 Å². The van der Waals surface area contributed by atoms with E-state index in [0.29, 0.717) is 11.3 Å². The summed E-state index contributed by atoms with van der Waals surface area (Å²) in [5, 5.41) is 20.0. The van der Waals surface area contributed by atoms with Gasteiger partial charge < -0.3 is 15.1 Å². The monoisotopic (exact) mass is 366 g/mol. The summed E-state index contributed by atoms with van der Waals surface area (Å²) in [6.45, 7) is 5.63. The van der Waals surface area contributed by atoms with Crippen molar-refractivity contribution in [3.05, 3.63) is 10.6 Å². The molecule has 1 saturated carbocycles. The zero-order valence-corrected chi connectivity index (χ0v) is 15.5. The van der Waals surface area contributed by atoms with E-state index in [2.05, 4.69) is 4.90 Å². The molecule has 3 heterocycles. The first-order chi connectivity index (χ1) is 11.9. The number of rotatable bonds is 5. The molecule has 1 aliphatic carbocycles. The standard InChI is InChI=1S/C18H26N2O4S/c1-9-14-13(10(2)21)17(22)20(14)15(18(23)24)16(9)25-12-7-19(8-12)11-5-3-4-6-11/h9-14,21H,3-8H2,1-2H3,(H,23,24)/t9-,10-,13-,14-/m1/s1. The maximum absolute atomic E-state index is 12.3. The van der Waals surface area contributed by atoms with Gasteiger partial charge in [0.05, 0.1) is 18.1 Å². The Morgan fingerprint density at radius 3 is 2.48 bits per heavy atom. The number of likely N-dealkylation sites (tertiary alicyclic amines) is 1. The average molecular weight is 366 g/mol. The van der Waals surface area contributed by atoms with Crippen molar-refractivity contribution < 1.29 is 19.8 Å². The number of β-lactam (4-membered cyclic amide) rings is 1. The van der Waals surface area contributed by atoms with Crippen LogP contribution >= 0.6 is 11.8 Å². The van der Waals surface area contributed by atoms with Gasteiger partial charge in [-0.05, 0) is 19.8 Å². The number of carbonyl (C=O) groups is 2. The van der Waals surface area contributed by atoms with Crippen molar-refractivity contribution in [2.24, 2.45) is 11.8 Å². The lowest BCUT2D eigenvalue weighted by Crippen LogP contribution is -2.63. The van der Waals surface area contributed by atoms with Crippen molar-refractivity contribution in [3.63, 3.8) is 0 Å². The lowest BCUT2D eigenvalue weighted by molar-refractivity contribution is -0.163. The van der Waals surface area contributed by atoms with Gasteiger partial charge in [-0.2, -0.15) is 0 Å². The Kier molecular flexibility index (Phi) is 4.37. The van der Waals surface area contributed by atoms with E-state index in [1.165, 1.54) is 30.6 Å². The third-order valence-electron chi connectivity index (χ3n) is 6.32. The maximum Gasteiger partial charge on any atom is 0.353 e. The largest absolute Gasteiger partial charge is 0.477 e. The molecule has 0 radical (unpaired) electrons. The highest BCUT2D eigenvalue weighted by molar-refractivity contribution is 8.03. The molecule has 4 atom stereocenters. The van der Waals surface area contributed by atoms with Gasteiger partial charge in [0.2, 0.25) is 5.91 Å². The minimum absolute atomic E-state index is 0.0195. The molecule has 0 aromatic carbocycles. The Morgan fingerprint density at radius 1 is 1.28 bits per heavy atom. The normalized spacial score (nSPS) is 34.9. The van der Waals surface area contributed by atoms with Gasteiger partial charge in [-0.1, -0.05) is 19.8 Å². The number of aliphatic hydroxyl groups is 1. The number of thioether (sulfide) groups is 1. The first-order valence-corrected chi connectivity index (χ1v) is 10.2. The van der Waals surface area contributed by atoms with E-state index in [4.69, 9.17) is 0 Å². The van der Waals surface area contributed by atoms with Crippen LogP contribution in [-0.2, 0) is 9.59 Å². The van der Waals surface area contributed by atoms with Gasteiger partial charge in [0.25, 0.3) is 0 Å². The second kappa shape index (κ2) is 6.28. The summed E-state index contributed by atoms with van der Waals surface area (Å²) in [5.41, 5.74) is 0.156. The van der Waals surface area contributed by atoms with Crippen LogP contribution in [-0.4, -0.2) is 68.4 Å². The first-order valence-electron chi connectivity index (χ1n) is 9.29. The molecule has 6 nitrogen and oxygen atoms in total. The van der Waals surface area contributed by atoms with Crippen molar-refractivity contribution in [2.45, 2.75) is 63.0 Å². The Balaban J connectivity index is 1.47. The van der Waals surface area contributed by atoms with Gasteiger partial charge in [0, 0.05) is 35.2 Å². The molecular weight excluding hydrogens is 340 g/mol. The Hall–Kier alpha value is -1.05. The topological polar surface area (TPSA) is 81.1 Å². The molecule has 3 aliphatic heterocycles. The smallest absolute Gasteiger partial charge is 0.353 e. The lowest BCUT2D eigenvalue weighted by Gasteiger charge is -2.46. The van der Waals surface area contributed by atoms with Crippen molar-refractivity contribution in [2.75, 3.05) is 13.1 Å². The number of carbonyl (C=O) groups excluding carboxylic acids is 1. The molecule has 4 aliphatic rings. The van der Waals surface area contributed by atoms with Crippen LogP contribution in [0.25, 0.3) is 0 Å². The fraction of sp³-hybridized carbons (Fsp3) is 0.778. The quantitative estimate of drug-likeness (QED) is 0.718. The number of amides is 1. The summed E-state index contributed by atoms with van der Waals surface area (Å²) in [4.78, 5) is 28.9. The minimum Gasteiger partial charge on any atom is -0.477 e. The highest BCUT2D eigenvalue weighted by Gasteiger charge is 2.60. The number of carboxylic acid groups (broad SMARTS) is 1. The number of nitrogens with zero attached hydrogens (tertiary/aromatic N) is 2. The van der Waals surface area contributed by atoms with Crippen LogP contribution in [0.15, 0.2) is 10.6 Å². The molecule has 0 aromatic rings. The van der Waals surface area contributed by atoms with E-state index < -0.39 is 18.0 Å². The average Bonchev–Trinajstić information content (AvgIpc) is 3.08. The van der Waals surface area contributed by atoms with E-state index in [1.54, 1.807) is 18.7 Å². The van der Waals surface area contributed by atoms with Gasteiger partial charge >= 0.3 is 5.97 Å². The summed E-state index contributed by atoms with van der Waals surface area (Å²) in [7, 11) is 0. The fourth-order valence-electron chi connectivity index (χ4n) is 4.97. The van der Waals surface area contributed by atoms with Crippen LogP contribution in [0.5, 0.6) is 0 Å². The number of fused-ring (bicyclic) bond motifs is 1. The van der Waals surface area contributed by atoms with E-state index in [1.807, 2.05) is 6.92 Å². The summed E-state index contributed by atoms with van der Waals surface area (Å²) in [6, 6.07) is 0.513. The fourth-order valence-corrected chi connectivity index (χ4v) is 6.51. The van der Waals surface area contributed by atoms with Gasteiger partial charge in [-0.25, -0.2) is 4.79 Å². The summed E-state index contributed by atoms with van der Waals surface area (Å²) in [5.74, 6) is -1.77. The summed E-state index contributed by atoms with van der Waals surface area (Å²) >= 11 is 1.65. The number of hydrogen-bond acceptors (Lipinski definition) is 5. The Morgan fingerprint density at radius 2 is 1.92 bits per heavy atom.